The number of nitrogens with zero attached hydrogens (tertiary/aromatic N) is 3. The number of piperazine rings is 1. The molecule has 7 heteroatoms. The van der Waals surface area contributed by atoms with Crippen molar-refractivity contribution in [3.05, 3.63) is 89.0 Å². The van der Waals surface area contributed by atoms with Crippen molar-refractivity contribution in [2.75, 3.05) is 13.1 Å². The van der Waals surface area contributed by atoms with E-state index >= 15 is 0 Å². The van der Waals surface area contributed by atoms with E-state index in [9.17, 15) is 14.0 Å². The van der Waals surface area contributed by atoms with E-state index in [0.29, 0.717) is 29.9 Å². The lowest BCUT2D eigenvalue weighted by Crippen LogP contribution is -2.52. The van der Waals surface area contributed by atoms with Gasteiger partial charge in [0.05, 0.1) is 11.4 Å². The number of hydrogen-bond acceptors (Lipinski definition) is 3. The van der Waals surface area contributed by atoms with Crippen molar-refractivity contribution < 1.29 is 14.0 Å². The van der Waals surface area contributed by atoms with Gasteiger partial charge in [-0.1, -0.05) is 30.3 Å². The van der Waals surface area contributed by atoms with E-state index in [1.54, 1.807) is 27.8 Å². The van der Waals surface area contributed by atoms with E-state index < -0.39 is 6.04 Å². The highest BCUT2D eigenvalue weighted by Gasteiger charge is 2.37. The summed E-state index contributed by atoms with van der Waals surface area (Å²) < 4.78 is 15.2. The maximum atomic E-state index is 13.4. The van der Waals surface area contributed by atoms with Crippen molar-refractivity contribution in [1.82, 2.24) is 20.0 Å². The molecule has 1 atom stereocenters. The molecule has 0 radical (unpaired) electrons. The fourth-order valence-electron chi connectivity index (χ4n) is 3.94. The van der Waals surface area contributed by atoms with Crippen LogP contribution in [0.3, 0.4) is 0 Å². The lowest BCUT2D eigenvalue weighted by Gasteiger charge is -2.34. The molecule has 2 aromatic carbocycles. The van der Waals surface area contributed by atoms with Crippen molar-refractivity contribution in [2.45, 2.75) is 19.9 Å². The molecule has 4 rings (SSSR count). The second kappa shape index (κ2) is 8.55. The minimum atomic E-state index is -0.782. The molecule has 0 spiro atoms. The zero-order valence-electron chi connectivity index (χ0n) is 17.4. The molecule has 0 bridgehead atoms. The predicted molar refractivity (Wildman–Crippen MR) is 116 cm³/mol. The van der Waals surface area contributed by atoms with Crippen LogP contribution >= 0.6 is 0 Å². The van der Waals surface area contributed by atoms with E-state index in [0.717, 1.165) is 11.4 Å². The molecule has 158 valence electrons. The van der Waals surface area contributed by atoms with Gasteiger partial charge >= 0.3 is 0 Å². The Balaban J connectivity index is 1.68. The number of rotatable bonds is 4. The third-order valence-corrected chi connectivity index (χ3v) is 5.38. The van der Waals surface area contributed by atoms with E-state index in [4.69, 9.17) is 0 Å². The fraction of sp³-hybridized carbons (Fsp3) is 0.208. The van der Waals surface area contributed by atoms with Gasteiger partial charge in [0.2, 0.25) is 11.8 Å². The Morgan fingerprint density at radius 3 is 2.68 bits per heavy atom. The number of halogens is 1. The number of carbonyl (C=O) groups excluding carboxylic acids is 2. The van der Waals surface area contributed by atoms with Gasteiger partial charge < -0.3 is 10.2 Å². The Kier molecular flexibility index (Phi) is 5.66. The summed E-state index contributed by atoms with van der Waals surface area (Å²) in [6.45, 7) is 4.49. The Bertz CT molecular complexity index is 1150. The second-order valence-corrected chi connectivity index (χ2v) is 7.45. The summed E-state index contributed by atoms with van der Waals surface area (Å²) in [7, 11) is 0. The molecule has 3 aromatic rings. The third kappa shape index (κ3) is 4.12. The van der Waals surface area contributed by atoms with Gasteiger partial charge in [-0.05, 0) is 49.8 Å². The molecule has 6 nitrogen and oxygen atoms in total. The van der Waals surface area contributed by atoms with Gasteiger partial charge in [-0.3, -0.25) is 9.59 Å². The molecule has 1 aliphatic heterocycles. The summed E-state index contributed by atoms with van der Waals surface area (Å²) >= 11 is 0. The van der Waals surface area contributed by atoms with E-state index in [-0.39, 0.29) is 17.6 Å². The van der Waals surface area contributed by atoms with Gasteiger partial charge in [0, 0.05) is 30.4 Å². The summed E-state index contributed by atoms with van der Waals surface area (Å²) in [6.07, 6.45) is 2.94. The van der Waals surface area contributed by atoms with E-state index in [1.807, 2.05) is 44.2 Å². The van der Waals surface area contributed by atoms with E-state index in [1.165, 1.54) is 18.2 Å². The molecule has 31 heavy (non-hydrogen) atoms. The van der Waals surface area contributed by atoms with Gasteiger partial charge in [0.1, 0.15) is 11.9 Å². The van der Waals surface area contributed by atoms with Gasteiger partial charge in [-0.15, -0.1) is 0 Å². The number of aromatic nitrogens is 2. The minimum absolute atomic E-state index is 0.238. The molecule has 1 N–H and O–H groups in total. The van der Waals surface area contributed by atoms with Crippen molar-refractivity contribution in [2.24, 2.45) is 0 Å². The van der Waals surface area contributed by atoms with Crippen molar-refractivity contribution in [3.63, 3.8) is 0 Å². The number of hydrogen-bond donors (Lipinski definition) is 1. The predicted octanol–water partition coefficient (Wildman–Crippen LogP) is 3.34. The van der Waals surface area contributed by atoms with Crippen molar-refractivity contribution in [1.29, 1.82) is 0 Å². The molecular formula is C24H23FN4O2. The molecule has 2 amide bonds. The van der Waals surface area contributed by atoms with Crippen LogP contribution in [0.15, 0.2) is 60.7 Å². The highest BCUT2D eigenvalue weighted by Crippen LogP contribution is 2.30. The number of carbonyl (C=O) groups is 2. The van der Waals surface area contributed by atoms with Crippen LogP contribution in [0.4, 0.5) is 4.39 Å². The van der Waals surface area contributed by atoms with Crippen LogP contribution in [-0.4, -0.2) is 39.6 Å². The van der Waals surface area contributed by atoms with Crippen LogP contribution < -0.4 is 5.32 Å². The number of benzene rings is 2. The Hall–Kier alpha value is -3.74. The normalized spacial score (nSPS) is 16.5. The van der Waals surface area contributed by atoms with Crippen molar-refractivity contribution in [3.8, 4) is 5.69 Å². The zero-order valence-corrected chi connectivity index (χ0v) is 17.4. The highest BCUT2D eigenvalue weighted by atomic mass is 19.1. The van der Waals surface area contributed by atoms with Crippen LogP contribution in [0.5, 0.6) is 0 Å². The summed E-state index contributed by atoms with van der Waals surface area (Å²) in [5.74, 6) is -0.919. The number of aryl methyl sites for hydroxylation is 1. The van der Waals surface area contributed by atoms with Crippen LogP contribution in [0, 0.1) is 19.7 Å². The SMILES string of the molecule is Cc1nn(-c2ccccc2)c(C)c1C1C(=O)NCCN1C(=O)C=Cc1cccc(F)c1. The average Bonchev–Trinajstić information content (AvgIpc) is 3.06. The van der Waals surface area contributed by atoms with Gasteiger partial charge in [-0.2, -0.15) is 5.10 Å². The summed E-state index contributed by atoms with van der Waals surface area (Å²) in [4.78, 5) is 27.4. The minimum Gasteiger partial charge on any atom is -0.352 e. The Morgan fingerprint density at radius 2 is 1.94 bits per heavy atom. The molecule has 2 heterocycles. The van der Waals surface area contributed by atoms with Crippen LogP contribution in [0.1, 0.15) is 28.6 Å². The molecule has 1 aromatic heterocycles. The summed E-state index contributed by atoms with van der Waals surface area (Å²) in [5, 5.41) is 7.48. The lowest BCUT2D eigenvalue weighted by molar-refractivity contribution is -0.140. The largest absolute Gasteiger partial charge is 0.352 e. The topological polar surface area (TPSA) is 67.2 Å². The molecule has 1 saturated heterocycles. The number of amides is 2. The average molecular weight is 418 g/mol. The maximum Gasteiger partial charge on any atom is 0.247 e. The molecule has 0 saturated carbocycles. The quantitative estimate of drug-likeness (QED) is 0.661. The van der Waals surface area contributed by atoms with Crippen LogP contribution in [-0.2, 0) is 9.59 Å². The van der Waals surface area contributed by atoms with Crippen LogP contribution in [0.2, 0.25) is 0 Å². The third-order valence-electron chi connectivity index (χ3n) is 5.38. The van der Waals surface area contributed by atoms with Gasteiger partial charge in [0.15, 0.2) is 0 Å². The standard InChI is InChI=1S/C24H23FN4O2/c1-16-22(17(2)29(27-16)20-9-4-3-5-10-20)23-24(31)26-13-14-28(23)21(30)12-11-18-7-6-8-19(25)15-18/h3-12,15,23H,13-14H2,1-2H3,(H,26,31). The first kappa shape index (κ1) is 20.5. The first-order valence-electron chi connectivity index (χ1n) is 10.1. The molecule has 1 aliphatic rings. The number of nitrogens with one attached hydrogen (secondary N) is 1. The van der Waals surface area contributed by atoms with Crippen LogP contribution in [0.25, 0.3) is 11.8 Å². The number of para-hydroxylation sites is 1. The zero-order chi connectivity index (χ0) is 22.0. The summed E-state index contributed by atoms with van der Waals surface area (Å²) in [6, 6.07) is 14.9. The highest BCUT2D eigenvalue weighted by molar-refractivity contribution is 5.97. The summed E-state index contributed by atoms with van der Waals surface area (Å²) in [5.41, 5.74) is 3.67. The monoisotopic (exact) mass is 418 g/mol. The first-order valence-corrected chi connectivity index (χ1v) is 10.1. The molecule has 1 unspecified atom stereocenters. The molecular weight excluding hydrogens is 395 g/mol. The lowest BCUT2D eigenvalue weighted by atomic mass is 10.00. The molecule has 1 fully saturated rings. The molecule has 0 aliphatic carbocycles. The van der Waals surface area contributed by atoms with Gasteiger partial charge in [-0.25, -0.2) is 9.07 Å². The Morgan fingerprint density at radius 1 is 1.16 bits per heavy atom. The first-order chi connectivity index (χ1) is 15.0. The Labute approximate surface area is 180 Å². The van der Waals surface area contributed by atoms with E-state index in [2.05, 4.69) is 10.4 Å². The van der Waals surface area contributed by atoms with Gasteiger partial charge in [0.25, 0.3) is 0 Å². The second-order valence-electron chi connectivity index (χ2n) is 7.45. The fourth-order valence-corrected chi connectivity index (χ4v) is 3.94. The maximum absolute atomic E-state index is 13.4. The van der Waals surface area contributed by atoms with Crippen molar-refractivity contribution >= 4 is 17.9 Å². The smallest absolute Gasteiger partial charge is 0.247 e.